The van der Waals surface area contributed by atoms with Gasteiger partial charge in [0.15, 0.2) is 0 Å². The Bertz CT molecular complexity index is 241. The summed E-state index contributed by atoms with van der Waals surface area (Å²) in [5.74, 6) is 0.0562. The lowest BCUT2D eigenvalue weighted by atomic mass is 10.3. The highest BCUT2D eigenvalue weighted by molar-refractivity contribution is 7.81. The van der Waals surface area contributed by atoms with Gasteiger partial charge in [-0.2, -0.15) is 0 Å². The molecule has 54 valence electrons. The van der Waals surface area contributed by atoms with Crippen molar-refractivity contribution in [1.29, 1.82) is 0 Å². The number of hydrogen-bond acceptors (Lipinski definition) is 3. The van der Waals surface area contributed by atoms with E-state index in [1.54, 1.807) is 12.1 Å². The van der Waals surface area contributed by atoms with Gasteiger partial charge < -0.3 is 9.83 Å². The molecule has 0 aliphatic heterocycles. The first-order chi connectivity index (χ1) is 4.75. The van der Waals surface area contributed by atoms with Gasteiger partial charge in [-0.25, -0.2) is 0 Å². The standard InChI is InChI=1S/C6H6ClNOS/c7-6-4(8-10)2-1-3-5(6)9/h1-3,8-10H. The molecule has 0 heterocycles. The number of rotatable bonds is 1. The van der Waals surface area contributed by atoms with Crippen molar-refractivity contribution < 1.29 is 5.11 Å². The first-order valence-electron chi connectivity index (χ1n) is 2.63. The number of thiol groups is 1. The summed E-state index contributed by atoms with van der Waals surface area (Å²) in [6.07, 6.45) is 0. The first-order valence-corrected chi connectivity index (χ1v) is 3.46. The lowest BCUT2D eigenvalue weighted by Gasteiger charge is -2.01. The highest BCUT2D eigenvalue weighted by atomic mass is 35.5. The van der Waals surface area contributed by atoms with Crippen molar-refractivity contribution in [1.82, 2.24) is 0 Å². The maximum absolute atomic E-state index is 9.03. The molecule has 10 heavy (non-hydrogen) atoms. The molecule has 0 saturated carbocycles. The lowest BCUT2D eigenvalue weighted by molar-refractivity contribution is 0.476. The number of nitrogens with one attached hydrogen (secondary N) is 1. The highest BCUT2D eigenvalue weighted by Gasteiger charge is 2.01. The molecule has 4 heteroatoms. The quantitative estimate of drug-likeness (QED) is 0.573. The predicted molar refractivity (Wildman–Crippen MR) is 45.7 cm³/mol. The summed E-state index contributed by atoms with van der Waals surface area (Å²) in [5.41, 5.74) is 0.602. The molecular formula is C6H6ClNOS. The van der Waals surface area contributed by atoms with Crippen LogP contribution in [0.15, 0.2) is 18.2 Å². The van der Waals surface area contributed by atoms with Crippen LogP contribution >= 0.6 is 24.4 Å². The molecule has 0 saturated heterocycles. The van der Waals surface area contributed by atoms with Crippen molar-refractivity contribution in [2.75, 3.05) is 4.72 Å². The average molecular weight is 176 g/mol. The fourth-order valence-corrected chi connectivity index (χ4v) is 1.03. The zero-order valence-corrected chi connectivity index (χ0v) is 6.65. The molecule has 0 radical (unpaired) electrons. The van der Waals surface area contributed by atoms with Gasteiger partial charge >= 0.3 is 0 Å². The van der Waals surface area contributed by atoms with Crippen molar-refractivity contribution in [3.8, 4) is 5.75 Å². The second-order valence-corrected chi connectivity index (χ2v) is 2.35. The van der Waals surface area contributed by atoms with Crippen LogP contribution in [0.2, 0.25) is 5.02 Å². The fraction of sp³-hybridized carbons (Fsp3) is 0. The number of halogens is 1. The number of hydrogen-bond donors (Lipinski definition) is 3. The summed E-state index contributed by atoms with van der Waals surface area (Å²) in [4.78, 5) is 0. The Labute approximate surface area is 69.4 Å². The molecule has 0 aliphatic rings. The lowest BCUT2D eigenvalue weighted by Crippen LogP contribution is -1.80. The summed E-state index contributed by atoms with van der Waals surface area (Å²) < 4.78 is 2.54. The Kier molecular flexibility index (Phi) is 2.29. The summed E-state index contributed by atoms with van der Waals surface area (Å²) in [5, 5.41) is 9.31. The monoisotopic (exact) mass is 175 g/mol. The van der Waals surface area contributed by atoms with Crippen LogP contribution in [0, 0.1) is 0 Å². The Balaban J connectivity index is 3.14. The van der Waals surface area contributed by atoms with Gasteiger partial charge in [-0.15, -0.1) is 0 Å². The van der Waals surface area contributed by atoms with E-state index in [0.717, 1.165) is 0 Å². The van der Waals surface area contributed by atoms with Crippen LogP contribution < -0.4 is 4.72 Å². The smallest absolute Gasteiger partial charge is 0.136 e. The summed E-state index contributed by atoms with van der Waals surface area (Å²) in [7, 11) is 0. The summed E-state index contributed by atoms with van der Waals surface area (Å²) in [6.45, 7) is 0. The van der Waals surface area contributed by atoms with Gasteiger partial charge in [-0.1, -0.05) is 30.5 Å². The van der Waals surface area contributed by atoms with Gasteiger partial charge in [-0.3, -0.25) is 0 Å². The zero-order valence-electron chi connectivity index (χ0n) is 5.00. The van der Waals surface area contributed by atoms with Gasteiger partial charge in [0.2, 0.25) is 0 Å². The molecule has 2 N–H and O–H groups in total. The van der Waals surface area contributed by atoms with Crippen LogP contribution in [0.5, 0.6) is 5.75 Å². The SMILES string of the molecule is Oc1cccc(NS)c1Cl. The van der Waals surface area contributed by atoms with Crippen LogP contribution in [0.25, 0.3) is 0 Å². The molecule has 1 aromatic rings. The van der Waals surface area contributed by atoms with E-state index in [-0.39, 0.29) is 10.8 Å². The normalized spacial score (nSPS) is 9.40. The third-order valence-corrected chi connectivity index (χ3v) is 1.74. The van der Waals surface area contributed by atoms with E-state index >= 15 is 0 Å². The van der Waals surface area contributed by atoms with Gasteiger partial charge in [0.25, 0.3) is 0 Å². The van der Waals surface area contributed by atoms with E-state index in [2.05, 4.69) is 17.5 Å². The highest BCUT2D eigenvalue weighted by Crippen LogP contribution is 2.30. The van der Waals surface area contributed by atoms with Crippen LogP contribution in [0.1, 0.15) is 0 Å². The molecule has 1 rings (SSSR count). The molecule has 0 atom stereocenters. The van der Waals surface area contributed by atoms with Gasteiger partial charge in [0, 0.05) is 0 Å². The minimum absolute atomic E-state index is 0.0562. The second kappa shape index (κ2) is 3.03. The largest absolute Gasteiger partial charge is 0.506 e. The zero-order chi connectivity index (χ0) is 7.56. The van der Waals surface area contributed by atoms with Crippen molar-refractivity contribution in [2.24, 2.45) is 0 Å². The number of aromatic hydroxyl groups is 1. The van der Waals surface area contributed by atoms with Gasteiger partial charge in [0.1, 0.15) is 10.8 Å². The first kappa shape index (κ1) is 7.57. The molecular weight excluding hydrogens is 170 g/mol. The fourth-order valence-electron chi connectivity index (χ4n) is 0.606. The van der Waals surface area contributed by atoms with Crippen molar-refractivity contribution >= 4 is 30.1 Å². The van der Waals surface area contributed by atoms with E-state index in [9.17, 15) is 0 Å². The Morgan fingerprint density at radius 3 is 2.70 bits per heavy atom. The third-order valence-electron chi connectivity index (χ3n) is 1.10. The maximum Gasteiger partial charge on any atom is 0.136 e. The molecule has 0 fully saturated rings. The molecule has 2 nitrogen and oxygen atoms in total. The molecule has 0 bridgehead atoms. The molecule has 1 aromatic carbocycles. The molecule has 0 unspecified atom stereocenters. The van der Waals surface area contributed by atoms with Crippen molar-refractivity contribution in [3.63, 3.8) is 0 Å². The topological polar surface area (TPSA) is 32.3 Å². The van der Waals surface area contributed by atoms with Gasteiger partial charge in [0.05, 0.1) is 5.69 Å². The number of phenols is 1. The van der Waals surface area contributed by atoms with E-state index in [1.807, 2.05) is 0 Å². The number of phenolic OH excluding ortho intramolecular Hbond substituents is 1. The van der Waals surface area contributed by atoms with Crippen LogP contribution in [0.4, 0.5) is 5.69 Å². The Morgan fingerprint density at radius 2 is 2.20 bits per heavy atom. The number of benzene rings is 1. The summed E-state index contributed by atoms with van der Waals surface area (Å²) >= 11 is 9.41. The van der Waals surface area contributed by atoms with Crippen LogP contribution in [-0.4, -0.2) is 5.11 Å². The maximum atomic E-state index is 9.03. The van der Waals surface area contributed by atoms with E-state index in [1.165, 1.54) is 6.07 Å². The molecule has 0 aromatic heterocycles. The third kappa shape index (κ3) is 1.30. The molecule has 0 aliphatic carbocycles. The van der Waals surface area contributed by atoms with Crippen LogP contribution in [0.3, 0.4) is 0 Å². The van der Waals surface area contributed by atoms with E-state index in [0.29, 0.717) is 5.69 Å². The van der Waals surface area contributed by atoms with Crippen molar-refractivity contribution in [3.05, 3.63) is 23.2 Å². The minimum atomic E-state index is 0.0562. The predicted octanol–water partition coefficient (Wildman–Crippen LogP) is 2.30. The van der Waals surface area contributed by atoms with E-state index < -0.39 is 0 Å². The van der Waals surface area contributed by atoms with E-state index in [4.69, 9.17) is 16.7 Å². The molecule has 0 spiro atoms. The number of anilines is 1. The summed E-state index contributed by atoms with van der Waals surface area (Å²) in [6, 6.07) is 4.91. The minimum Gasteiger partial charge on any atom is -0.506 e. The average Bonchev–Trinajstić information content (AvgIpc) is 1.95. The van der Waals surface area contributed by atoms with Crippen LogP contribution in [-0.2, 0) is 0 Å². The second-order valence-electron chi connectivity index (χ2n) is 1.75. The van der Waals surface area contributed by atoms with Gasteiger partial charge in [-0.05, 0) is 12.1 Å². The Hall–Kier alpha value is -0.540. The Morgan fingerprint density at radius 1 is 1.50 bits per heavy atom. The molecule has 0 amide bonds. The van der Waals surface area contributed by atoms with Crippen molar-refractivity contribution in [2.45, 2.75) is 0 Å².